The second kappa shape index (κ2) is 6.92. The highest BCUT2D eigenvalue weighted by atomic mass is 35.5. The fourth-order valence-electron chi connectivity index (χ4n) is 1.73. The van der Waals surface area contributed by atoms with Gasteiger partial charge >= 0.3 is 5.97 Å². The Morgan fingerprint density at radius 1 is 1.32 bits per heavy atom. The summed E-state index contributed by atoms with van der Waals surface area (Å²) < 4.78 is 0. The largest absolute Gasteiger partial charge is 0.480 e. The van der Waals surface area contributed by atoms with Crippen LogP contribution in [-0.2, 0) is 11.3 Å². The second-order valence-corrected chi connectivity index (χ2v) is 6.43. The molecule has 1 unspecified atom stereocenters. The van der Waals surface area contributed by atoms with Crippen molar-refractivity contribution in [2.24, 2.45) is 5.41 Å². The second-order valence-electron chi connectivity index (χ2n) is 6.00. The summed E-state index contributed by atoms with van der Waals surface area (Å²) in [5.74, 6) is -0.793. The van der Waals surface area contributed by atoms with Crippen molar-refractivity contribution in [2.45, 2.75) is 46.2 Å². The molecule has 0 radical (unpaired) electrons. The summed E-state index contributed by atoms with van der Waals surface area (Å²) in [6, 6.07) is 6.91. The summed E-state index contributed by atoms with van der Waals surface area (Å²) >= 11 is 5.81. The third kappa shape index (κ3) is 6.60. The lowest BCUT2D eigenvalue weighted by Crippen LogP contribution is -2.36. The summed E-state index contributed by atoms with van der Waals surface area (Å²) in [6.07, 6.45) is 1.50. The first-order valence-corrected chi connectivity index (χ1v) is 6.86. The predicted molar refractivity (Wildman–Crippen MR) is 78.4 cm³/mol. The predicted octanol–water partition coefficient (Wildman–Crippen LogP) is 3.71. The molecule has 19 heavy (non-hydrogen) atoms. The van der Waals surface area contributed by atoms with Gasteiger partial charge in [-0.15, -0.1) is 0 Å². The number of halogens is 1. The van der Waals surface area contributed by atoms with Gasteiger partial charge in [-0.1, -0.05) is 44.5 Å². The van der Waals surface area contributed by atoms with Crippen molar-refractivity contribution in [1.82, 2.24) is 5.32 Å². The summed E-state index contributed by atoms with van der Waals surface area (Å²) in [7, 11) is 0. The fourth-order valence-corrected chi connectivity index (χ4v) is 1.86. The van der Waals surface area contributed by atoms with E-state index < -0.39 is 12.0 Å². The van der Waals surface area contributed by atoms with Gasteiger partial charge in [0.2, 0.25) is 0 Å². The van der Waals surface area contributed by atoms with Crippen LogP contribution in [0.1, 0.15) is 39.2 Å². The third-order valence-electron chi connectivity index (χ3n) is 2.95. The molecule has 1 aromatic rings. The van der Waals surface area contributed by atoms with Gasteiger partial charge in [0.1, 0.15) is 6.04 Å². The number of carbonyl (C=O) groups is 1. The van der Waals surface area contributed by atoms with E-state index in [9.17, 15) is 9.90 Å². The lowest BCUT2D eigenvalue weighted by Gasteiger charge is -2.21. The van der Waals surface area contributed by atoms with Gasteiger partial charge in [0.15, 0.2) is 0 Å². The molecule has 0 fully saturated rings. The molecule has 3 nitrogen and oxygen atoms in total. The van der Waals surface area contributed by atoms with Gasteiger partial charge < -0.3 is 10.4 Å². The van der Waals surface area contributed by atoms with E-state index in [0.717, 1.165) is 12.0 Å². The van der Waals surface area contributed by atoms with Gasteiger partial charge in [0, 0.05) is 11.6 Å². The molecule has 0 aliphatic carbocycles. The Bertz CT molecular complexity index is 409. The third-order valence-corrected chi connectivity index (χ3v) is 3.20. The van der Waals surface area contributed by atoms with E-state index in [1.54, 1.807) is 0 Å². The molecular formula is C15H22ClNO2. The smallest absolute Gasteiger partial charge is 0.320 e. The lowest BCUT2D eigenvalue weighted by molar-refractivity contribution is -0.139. The first-order valence-electron chi connectivity index (χ1n) is 6.48. The molecule has 0 saturated carbocycles. The molecule has 1 rings (SSSR count). The first-order chi connectivity index (χ1) is 8.78. The van der Waals surface area contributed by atoms with Crippen LogP contribution in [0.5, 0.6) is 0 Å². The van der Waals surface area contributed by atoms with E-state index in [0.29, 0.717) is 18.0 Å². The zero-order chi connectivity index (χ0) is 14.5. The molecule has 4 heteroatoms. The number of hydrogen-bond donors (Lipinski definition) is 2. The van der Waals surface area contributed by atoms with Crippen LogP contribution in [0, 0.1) is 5.41 Å². The molecule has 0 amide bonds. The average Bonchev–Trinajstić information content (AvgIpc) is 2.29. The zero-order valence-corrected chi connectivity index (χ0v) is 12.5. The molecule has 2 N–H and O–H groups in total. The molecule has 0 saturated heterocycles. The minimum Gasteiger partial charge on any atom is -0.480 e. The molecule has 0 aromatic heterocycles. The van der Waals surface area contributed by atoms with Crippen LogP contribution in [0.15, 0.2) is 24.3 Å². The van der Waals surface area contributed by atoms with E-state index in [1.807, 2.05) is 24.3 Å². The number of nitrogens with one attached hydrogen (secondary N) is 1. The Morgan fingerprint density at radius 2 is 1.89 bits per heavy atom. The van der Waals surface area contributed by atoms with Crippen LogP contribution in [0.4, 0.5) is 0 Å². The number of carboxylic acid groups (broad SMARTS) is 1. The monoisotopic (exact) mass is 283 g/mol. The highest BCUT2D eigenvalue weighted by molar-refractivity contribution is 6.30. The highest BCUT2D eigenvalue weighted by Crippen LogP contribution is 2.21. The molecule has 0 heterocycles. The van der Waals surface area contributed by atoms with Crippen molar-refractivity contribution in [2.75, 3.05) is 0 Å². The maximum atomic E-state index is 11.2. The first kappa shape index (κ1) is 16.0. The van der Waals surface area contributed by atoms with Gasteiger partial charge in [-0.3, -0.25) is 4.79 Å². The van der Waals surface area contributed by atoms with Crippen molar-refractivity contribution < 1.29 is 9.90 Å². The Kier molecular flexibility index (Phi) is 5.83. The summed E-state index contributed by atoms with van der Waals surface area (Å²) in [5, 5.41) is 13.0. The maximum Gasteiger partial charge on any atom is 0.320 e. The molecular weight excluding hydrogens is 262 g/mol. The number of carboxylic acids is 1. The van der Waals surface area contributed by atoms with Gasteiger partial charge in [-0.25, -0.2) is 0 Å². The molecule has 0 aliphatic rings. The highest BCUT2D eigenvalue weighted by Gasteiger charge is 2.20. The number of aliphatic carboxylic acids is 1. The van der Waals surface area contributed by atoms with E-state index in [-0.39, 0.29) is 5.41 Å². The van der Waals surface area contributed by atoms with E-state index in [4.69, 9.17) is 11.6 Å². The van der Waals surface area contributed by atoms with Gasteiger partial charge in [0.25, 0.3) is 0 Å². The van der Waals surface area contributed by atoms with Crippen molar-refractivity contribution >= 4 is 17.6 Å². The quantitative estimate of drug-likeness (QED) is 0.837. The van der Waals surface area contributed by atoms with Crippen molar-refractivity contribution in [3.8, 4) is 0 Å². The van der Waals surface area contributed by atoms with E-state index in [1.165, 1.54) is 0 Å². The van der Waals surface area contributed by atoms with E-state index in [2.05, 4.69) is 26.1 Å². The average molecular weight is 284 g/mol. The summed E-state index contributed by atoms with van der Waals surface area (Å²) in [4.78, 5) is 11.2. The zero-order valence-electron chi connectivity index (χ0n) is 11.7. The normalized spacial score (nSPS) is 13.3. The minimum absolute atomic E-state index is 0.148. The van der Waals surface area contributed by atoms with Crippen molar-refractivity contribution in [3.05, 3.63) is 34.9 Å². The summed E-state index contributed by atoms with van der Waals surface area (Å²) in [5.41, 5.74) is 1.18. The summed E-state index contributed by atoms with van der Waals surface area (Å²) in [6.45, 7) is 6.89. The molecule has 106 valence electrons. The fraction of sp³-hybridized carbons (Fsp3) is 0.533. The standard InChI is InChI=1S/C15H22ClNO2/c1-15(2,3)9-8-13(14(18)19)17-10-11-4-6-12(16)7-5-11/h4-7,13,17H,8-10H2,1-3H3,(H,18,19). The molecule has 0 spiro atoms. The van der Waals surface area contributed by atoms with Crippen LogP contribution in [-0.4, -0.2) is 17.1 Å². The molecule has 0 aliphatic heterocycles. The minimum atomic E-state index is -0.793. The topological polar surface area (TPSA) is 49.3 Å². The maximum absolute atomic E-state index is 11.2. The van der Waals surface area contributed by atoms with Crippen LogP contribution < -0.4 is 5.32 Å². The van der Waals surface area contributed by atoms with Crippen LogP contribution in [0.2, 0.25) is 5.02 Å². The number of benzene rings is 1. The van der Waals surface area contributed by atoms with E-state index >= 15 is 0 Å². The Morgan fingerprint density at radius 3 is 2.37 bits per heavy atom. The van der Waals surface area contributed by atoms with Crippen molar-refractivity contribution in [3.63, 3.8) is 0 Å². The SMILES string of the molecule is CC(C)(C)CCC(NCc1ccc(Cl)cc1)C(=O)O. The molecule has 0 bridgehead atoms. The number of hydrogen-bond acceptors (Lipinski definition) is 2. The van der Waals surface area contributed by atoms with Crippen LogP contribution in [0.3, 0.4) is 0 Å². The van der Waals surface area contributed by atoms with Crippen LogP contribution in [0.25, 0.3) is 0 Å². The van der Waals surface area contributed by atoms with Gasteiger partial charge in [-0.05, 0) is 36.0 Å². The van der Waals surface area contributed by atoms with Crippen LogP contribution >= 0.6 is 11.6 Å². The Balaban J connectivity index is 2.50. The molecule has 1 aromatic carbocycles. The van der Waals surface area contributed by atoms with Gasteiger partial charge in [-0.2, -0.15) is 0 Å². The van der Waals surface area contributed by atoms with Crippen molar-refractivity contribution in [1.29, 1.82) is 0 Å². The Labute approximate surface area is 120 Å². The Hall–Kier alpha value is -1.06. The molecule has 1 atom stereocenters. The lowest BCUT2D eigenvalue weighted by atomic mass is 9.88. The number of rotatable bonds is 6. The van der Waals surface area contributed by atoms with Gasteiger partial charge in [0.05, 0.1) is 0 Å².